The molecule has 0 spiro atoms. The van der Waals surface area contributed by atoms with E-state index in [4.69, 9.17) is 4.74 Å². The van der Waals surface area contributed by atoms with E-state index in [1.807, 2.05) is 18.2 Å². The molecular weight excluding hydrogens is 316 g/mol. The number of likely N-dealkylation sites (N-methyl/N-ethyl adjacent to an activating group) is 1. The number of hydrogen-bond acceptors (Lipinski definition) is 5. The number of methoxy groups -OCH3 is 1. The molecule has 1 N–H and O–H groups in total. The maximum atomic E-state index is 12.3. The molecule has 1 aliphatic rings. The third kappa shape index (κ3) is 4.28. The van der Waals surface area contributed by atoms with Crippen molar-refractivity contribution in [1.29, 1.82) is 0 Å². The second-order valence-corrected chi connectivity index (χ2v) is 6.01. The molecule has 3 rings (SSSR count). The van der Waals surface area contributed by atoms with Gasteiger partial charge in [-0.15, -0.1) is 0 Å². The lowest BCUT2D eigenvalue weighted by Crippen LogP contribution is -2.46. The first-order valence-electron chi connectivity index (χ1n) is 8.58. The lowest BCUT2D eigenvalue weighted by molar-refractivity contribution is 0.102. The molecule has 1 aliphatic heterocycles. The summed E-state index contributed by atoms with van der Waals surface area (Å²) in [7, 11) is 1.61. The highest BCUT2D eigenvalue weighted by atomic mass is 16.5. The van der Waals surface area contributed by atoms with Gasteiger partial charge in [-0.2, -0.15) is 0 Å². The second kappa shape index (κ2) is 7.98. The highest BCUT2D eigenvalue weighted by Gasteiger charge is 2.16. The SMILES string of the molecule is CCN1CCN(c2ccc(C(=O)Nc3ccc(OC)cc3)nc2)CC1. The van der Waals surface area contributed by atoms with Gasteiger partial charge in [0.2, 0.25) is 0 Å². The number of amides is 1. The second-order valence-electron chi connectivity index (χ2n) is 6.01. The van der Waals surface area contributed by atoms with E-state index in [9.17, 15) is 4.79 Å². The van der Waals surface area contributed by atoms with E-state index in [1.54, 1.807) is 31.5 Å². The van der Waals surface area contributed by atoms with Gasteiger partial charge in [0.05, 0.1) is 19.0 Å². The maximum Gasteiger partial charge on any atom is 0.274 e. The molecule has 1 fully saturated rings. The van der Waals surface area contributed by atoms with Crippen molar-refractivity contribution >= 4 is 17.3 Å². The first kappa shape index (κ1) is 17.2. The van der Waals surface area contributed by atoms with Gasteiger partial charge in [-0.1, -0.05) is 6.92 Å². The minimum atomic E-state index is -0.215. The number of nitrogens with zero attached hydrogens (tertiary/aromatic N) is 3. The Kier molecular flexibility index (Phi) is 5.50. The third-order valence-corrected chi connectivity index (χ3v) is 4.51. The molecule has 25 heavy (non-hydrogen) atoms. The molecule has 0 aliphatic carbocycles. The molecule has 132 valence electrons. The number of anilines is 2. The van der Waals surface area contributed by atoms with Crippen LogP contribution in [0.15, 0.2) is 42.6 Å². The molecule has 6 heteroatoms. The Morgan fingerprint density at radius 2 is 1.84 bits per heavy atom. The summed E-state index contributed by atoms with van der Waals surface area (Å²) in [5.41, 5.74) is 2.19. The average molecular weight is 340 g/mol. The van der Waals surface area contributed by atoms with Crippen LogP contribution in [0.2, 0.25) is 0 Å². The van der Waals surface area contributed by atoms with Crippen LogP contribution in [0.3, 0.4) is 0 Å². The van der Waals surface area contributed by atoms with Gasteiger partial charge in [-0.05, 0) is 42.9 Å². The smallest absolute Gasteiger partial charge is 0.274 e. The Morgan fingerprint density at radius 1 is 1.12 bits per heavy atom. The molecule has 0 atom stereocenters. The van der Waals surface area contributed by atoms with Crippen molar-refractivity contribution in [2.75, 3.05) is 50.1 Å². The van der Waals surface area contributed by atoms with Crippen LogP contribution in [-0.2, 0) is 0 Å². The van der Waals surface area contributed by atoms with Crippen molar-refractivity contribution in [3.63, 3.8) is 0 Å². The van der Waals surface area contributed by atoms with E-state index < -0.39 is 0 Å². The topological polar surface area (TPSA) is 57.7 Å². The van der Waals surface area contributed by atoms with Crippen LogP contribution in [0.25, 0.3) is 0 Å². The molecule has 1 amide bonds. The van der Waals surface area contributed by atoms with E-state index in [-0.39, 0.29) is 5.91 Å². The van der Waals surface area contributed by atoms with Crippen molar-refractivity contribution in [3.05, 3.63) is 48.3 Å². The first-order valence-corrected chi connectivity index (χ1v) is 8.58. The zero-order valence-electron chi connectivity index (χ0n) is 14.7. The fraction of sp³-hybridized carbons (Fsp3) is 0.368. The molecular formula is C19H24N4O2. The van der Waals surface area contributed by atoms with Crippen LogP contribution in [0.4, 0.5) is 11.4 Å². The summed E-state index contributed by atoms with van der Waals surface area (Å²) in [6, 6.07) is 11.0. The highest BCUT2D eigenvalue weighted by molar-refractivity contribution is 6.02. The van der Waals surface area contributed by atoms with E-state index in [0.29, 0.717) is 11.4 Å². The van der Waals surface area contributed by atoms with Gasteiger partial charge >= 0.3 is 0 Å². The number of piperazine rings is 1. The first-order chi connectivity index (χ1) is 12.2. The fourth-order valence-corrected chi connectivity index (χ4v) is 2.90. The van der Waals surface area contributed by atoms with E-state index in [0.717, 1.165) is 44.2 Å². The predicted molar refractivity (Wildman–Crippen MR) is 99.5 cm³/mol. The van der Waals surface area contributed by atoms with Crippen LogP contribution < -0.4 is 15.0 Å². The number of ether oxygens (including phenoxy) is 1. The van der Waals surface area contributed by atoms with Crippen LogP contribution >= 0.6 is 0 Å². The largest absolute Gasteiger partial charge is 0.497 e. The number of hydrogen-bond donors (Lipinski definition) is 1. The average Bonchev–Trinajstić information content (AvgIpc) is 2.69. The Labute approximate surface area is 148 Å². The molecule has 0 unspecified atom stereocenters. The van der Waals surface area contributed by atoms with Crippen molar-refractivity contribution in [3.8, 4) is 5.75 Å². The summed E-state index contributed by atoms with van der Waals surface area (Å²) in [4.78, 5) is 21.4. The van der Waals surface area contributed by atoms with Gasteiger partial charge in [0.1, 0.15) is 11.4 Å². The lowest BCUT2D eigenvalue weighted by Gasteiger charge is -2.35. The van der Waals surface area contributed by atoms with Crippen LogP contribution in [0, 0.1) is 0 Å². The summed E-state index contributed by atoms with van der Waals surface area (Å²) in [6.45, 7) is 7.40. The molecule has 1 saturated heterocycles. The molecule has 2 aromatic rings. The molecule has 1 aromatic carbocycles. The summed E-state index contributed by atoms with van der Waals surface area (Å²) < 4.78 is 5.11. The van der Waals surface area contributed by atoms with Crippen LogP contribution in [0.1, 0.15) is 17.4 Å². The summed E-state index contributed by atoms with van der Waals surface area (Å²) in [5.74, 6) is 0.538. The predicted octanol–water partition coefficient (Wildman–Crippen LogP) is 2.48. The molecule has 0 bridgehead atoms. The van der Waals surface area contributed by atoms with E-state index >= 15 is 0 Å². The van der Waals surface area contributed by atoms with Gasteiger partial charge in [0, 0.05) is 31.9 Å². The molecule has 0 radical (unpaired) electrons. The number of nitrogens with one attached hydrogen (secondary N) is 1. The highest BCUT2D eigenvalue weighted by Crippen LogP contribution is 2.18. The summed E-state index contributed by atoms with van der Waals surface area (Å²) in [6.07, 6.45) is 1.78. The summed E-state index contributed by atoms with van der Waals surface area (Å²) >= 11 is 0. The quantitative estimate of drug-likeness (QED) is 0.906. The fourth-order valence-electron chi connectivity index (χ4n) is 2.90. The van der Waals surface area contributed by atoms with Gasteiger partial charge < -0.3 is 19.9 Å². The van der Waals surface area contributed by atoms with E-state index in [2.05, 4.69) is 27.0 Å². The number of aromatic nitrogens is 1. The Balaban J connectivity index is 1.60. The number of rotatable bonds is 5. The van der Waals surface area contributed by atoms with Crippen molar-refractivity contribution in [2.24, 2.45) is 0 Å². The Bertz CT molecular complexity index is 692. The number of carbonyl (C=O) groups excluding carboxylic acids is 1. The Morgan fingerprint density at radius 3 is 2.40 bits per heavy atom. The van der Waals surface area contributed by atoms with Crippen molar-refractivity contribution < 1.29 is 9.53 Å². The van der Waals surface area contributed by atoms with Crippen molar-refractivity contribution in [1.82, 2.24) is 9.88 Å². The summed E-state index contributed by atoms with van der Waals surface area (Å²) in [5, 5.41) is 2.84. The monoisotopic (exact) mass is 340 g/mol. The normalized spacial score (nSPS) is 15.0. The van der Waals surface area contributed by atoms with Gasteiger partial charge in [-0.25, -0.2) is 4.98 Å². The molecule has 6 nitrogen and oxygen atoms in total. The zero-order valence-corrected chi connectivity index (χ0v) is 14.7. The van der Waals surface area contributed by atoms with Crippen LogP contribution in [-0.4, -0.2) is 55.6 Å². The van der Waals surface area contributed by atoms with Crippen molar-refractivity contribution in [2.45, 2.75) is 6.92 Å². The Hall–Kier alpha value is -2.60. The van der Waals surface area contributed by atoms with Gasteiger partial charge in [0.15, 0.2) is 0 Å². The minimum Gasteiger partial charge on any atom is -0.497 e. The maximum absolute atomic E-state index is 12.3. The van der Waals surface area contributed by atoms with Gasteiger partial charge in [-0.3, -0.25) is 4.79 Å². The number of carbonyl (C=O) groups is 1. The lowest BCUT2D eigenvalue weighted by atomic mass is 10.2. The number of pyridine rings is 1. The molecule has 1 aromatic heterocycles. The molecule has 2 heterocycles. The van der Waals surface area contributed by atoms with Crippen LogP contribution in [0.5, 0.6) is 5.75 Å². The zero-order chi connectivity index (χ0) is 17.6. The van der Waals surface area contributed by atoms with Gasteiger partial charge in [0.25, 0.3) is 5.91 Å². The molecule has 0 saturated carbocycles. The minimum absolute atomic E-state index is 0.215. The number of benzene rings is 1. The standard InChI is InChI=1S/C19H24N4O2/c1-3-22-10-12-23(13-11-22)16-6-9-18(20-14-16)19(24)21-15-4-7-17(25-2)8-5-15/h4-9,14H,3,10-13H2,1-2H3,(H,21,24). The van der Waals surface area contributed by atoms with E-state index in [1.165, 1.54) is 0 Å². The third-order valence-electron chi connectivity index (χ3n) is 4.51.